The maximum absolute atomic E-state index is 11.7. The van der Waals surface area contributed by atoms with Gasteiger partial charge in [0.15, 0.2) is 0 Å². The molecule has 0 saturated heterocycles. The van der Waals surface area contributed by atoms with Gasteiger partial charge in [0.1, 0.15) is 0 Å². The van der Waals surface area contributed by atoms with E-state index in [0.717, 1.165) is 5.25 Å². The topological polar surface area (TPSA) is 70.2 Å². The second kappa shape index (κ2) is 9.11. The van der Waals surface area contributed by atoms with E-state index in [4.69, 9.17) is 6.42 Å². The Labute approximate surface area is 141 Å². The lowest BCUT2D eigenvalue weighted by molar-refractivity contribution is -0.119. The Morgan fingerprint density at radius 1 is 1.17 bits per heavy atom. The van der Waals surface area contributed by atoms with Crippen LogP contribution < -0.4 is 16.0 Å². The van der Waals surface area contributed by atoms with Gasteiger partial charge in [0.2, 0.25) is 5.91 Å². The molecule has 1 fully saturated rings. The lowest BCUT2D eigenvalue weighted by atomic mass is 10.3. The zero-order valence-electron chi connectivity index (χ0n) is 12.9. The SMILES string of the molecule is C#CCNC(=O)CNC(=O)Nc1ccc(SC2CCCC2)cc1. The number of thioether (sulfide) groups is 1. The number of rotatable bonds is 6. The van der Waals surface area contributed by atoms with Gasteiger partial charge < -0.3 is 16.0 Å². The van der Waals surface area contributed by atoms with Crippen molar-refractivity contribution in [2.24, 2.45) is 0 Å². The van der Waals surface area contributed by atoms with Crippen molar-refractivity contribution in [1.82, 2.24) is 10.6 Å². The van der Waals surface area contributed by atoms with Gasteiger partial charge in [-0.25, -0.2) is 4.79 Å². The number of amides is 3. The van der Waals surface area contributed by atoms with E-state index in [9.17, 15) is 9.59 Å². The zero-order chi connectivity index (χ0) is 16.5. The van der Waals surface area contributed by atoms with Gasteiger partial charge in [-0.1, -0.05) is 18.8 Å². The van der Waals surface area contributed by atoms with Gasteiger partial charge in [-0.2, -0.15) is 0 Å². The first-order valence-corrected chi connectivity index (χ1v) is 8.57. The molecule has 23 heavy (non-hydrogen) atoms. The molecule has 3 amide bonds. The molecule has 0 aliphatic heterocycles. The predicted octanol–water partition coefficient (Wildman–Crippen LogP) is 2.59. The Morgan fingerprint density at radius 3 is 2.52 bits per heavy atom. The Morgan fingerprint density at radius 2 is 1.87 bits per heavy atom. The Bertz CT molecular complexity index is 574. The second-order valence-corrected chi connectivity index (χ2v) is 6.71. The van der Waals surface area contributed by atoms with E-state index in [1.54, 1.807) is 0 Å². The van der Waals surface area contributed by atoms with Gasteiger partial charge in [-0.3, -0.25) is 4.79 Å². The maximum atomic E-state index is 11.7. The zero-order valence-corrected chi connectivity index (χ0v) is 13.7. The molecule has 0 aromatic heterocycles. The van der Waals surface area contributed by atoms with Crippen LogP contribution in [0.25, 0.3) is 0 Å². The van der Waals surface area contributed by atoms with Crippen molar-refractivity contribution in [2.75, 3.05) is 18.4 Å². The smallest absolute Gasteiger partial charge is 0.319 e. The fourth-order valence-electron chi connectivity index (χ4n) is 2.36. The Balaban J connectivity index is 1.73. The molecular formula is C17H21N3O2S. The molecule has 5 nitrogen and oxygen atoms in total. The lowest BCUT2D eigenvalue weighted by Crippen LogP contribution is -2.39. The molecule has 0 atom stereocenters. The minimum Gasteiger partial charge on any atom is -0.344 e. The second-order valence-electron chi connectivity index (χ2n) is 5.34. The molecule has 1 aliphatic carbocycles. The molecule has 1 saturated carbocycles. The molecule has 0 radical (unpaired) electrons. The minimum absolute atomic E-state index is 0.108. The number of carbonyl (C=O) groups excluding carboxylic acids is 2. The van der Waals surface area contributed by atoms with Crippen LogP contribution in [0.3, 0.4) is 0 Å². The highest BCUT2D eigenvalue weighted by atomic mass is 32.2. The van der Waals surface area contributed by atoms with Crippen molar-refractivity contribution in [3.8, 4) is 12.3 Å². The molecule has 0 unspecified atom stereocenters. The molecule has 1 aromatic carbocycles. The fourth-order valence-corrected chi connectivity index (χ4v) is 3.61. The quantitative estimate of drug-likeness (QED) is 0.702. The average Bonchev–Trinajstić information content (AvgIpc) is 3.06. The molecule has 2 rings (SSSR count). The first kappa shape index (κ1) is 17.2. The van der Waals surface area contributed by atoms with Crippen molar-refractivity contribution >= 4 is 29.4 Å². The van der Waals surface area contributed by atoms with Crippen LogP contribution in [-0.2, 0) is 4.79 Å². The molecule has 0 heterocycles. The normalized spacial score (nSPS) is 14.0. The number of anilines is 1. The van der Waals surface area contributed by atoms with Crippen molar-refractivity contribution in [2.45, 2.75) is 35.8 Å². The highest BCUT2D eigenvalue weighted by Gasteiger charge is 2.15. The molecule has 3 N–H and O–H groups in total. The van der Waals surface area contributed by atoms with Crippen LogP contribution in [0.5, 0.6) is 0 Å². The number of carbonyl (C=O) groups is 2. The number of hydrogen-bond donors (Lipinski definition) is 3. The monoisotopic (exact) mass is 331 g/mol. The van der Waals surface area contributed by atoms with Crippen molar-refractivity contribution in [3.05, 3.63) is 24.3 Å². The fraction of sp³-hybridized carbons (Fsp3) is 0.412. The van der Waals surface area contributed by atoms with Crippen LogP contribution in [0.1, 0.15) is 25.7 Å². The molecule has 1 aliphatic rings. The van der Waals surface area contributed by atoms with Crippen LogP contribution in [0.15, 0.2) is 29.2 Å². The van der Waals surface area contributed by atoms with Crippen molar-refractivity contribution in [1.29, 1.82) is 0 Å². The van der Waals surface area contributed by atoms with E-state index < -0.39 is 6.03 Å². The molecule has 122 valence electrons. The number of benzene rings is 1. The molecule has 0 bridgehead atoms. The van der Waals surface area contributed by atoms with E-state index in [1.165, 1.54) is 30.6 Å². The Kier molecular flexibility index (Phi) is 6.82. The van der Waals surface area contributed by atoms with E-state index in [0.29, 0.717) is 5.69 Å². The molecular weight excluding hydrogens is 310 g/mol. The molecule has 1 aromatic rings. The van der Waals surface area contributed by atoms with Crippen molar-refractivity contribution in [3.63, 3.8) is 0 Å². The first-order chi connectivity index (χ1) is 11.2. The number of nitrogens with one attached hydrogen (secondary N) is 3. The summed E-state index contributed by atoms with van der Waals surface area (Å²) in [7, 11) is 0. The minimum atomic E-state index is -0.419. The summed E-state index contributed by atoms with van der Waals surface area (Å²) in [4.78, 5) is 24.2. The third kappa shape index (κ3) is 6.25. The van der Waals surface area contributed by atoms with Crippen LogP contribution >= 0.6 is 11.8 Å². The first-order valence-electron chi connectivity index (χ1n) is 7.69. The van der Waals surface area contributed by atoms with Gasteiger partial charge >= 0.3 is 6.03 Å². The highest BCUT2D eigenvalue weighted by molar-refractivity contribution is 8.00. The van der Waals surface area contributed by atoms with Crippen LogP contribution in [-0.4, -0.2) is 30.3 Å². The molecule has 0 spiro atoms. The third-order valence-electron chi connectivity index (χ3n) is 3.51. The van der Waals surface area contributed by atoms with Gasteiger partial charge in [0, 0.05) is 15.8 Å². The molecule has 6 heteroatoms. The summed E-state index contributed by atoms with van der Waals surface area (Å²) >= 11 is 1.90. The summed E-state index contributed by atoms with van der Waals surface area (Å²) in [5, 5.41) is 8.37. The highest BCUT2D eigenvalue weighted by Crippen LogP contribution is 2.34. The summed E-state index contributed by atoms with van der Waals surface area (Å²) in [5.41, 5.74) is 0.697. The summed E-state index contributed by atoms with van der Waals surface area (Å²) in [5.74, 6) is 1.98. The number of hydrogen-bond acceptors (Lipinski definition) is 3. The average molecular weight is 331 g/mol. The van der Waals surface area contributed by atoms with E-state index in [1.807, 2.05) is 36.0 Å². The summed E-state index contributed by atoms with van der Waals surface area (Å²) < 4.78 is 0. The van der Waals surface area contributed by atoms with Gasteiger partial charge in [-0.15, -0.1) is 18.2 Å². The van der Waals surface area contributed by atoms with Crippen LogP contribution in [0, 0.1) is 12.3 Å². The summed E-state index contributed by atoms with van der Waals surface area (Å²) in [6.07, 6.45) is 10.3. The van der Waals surface area contributed by atoms with Gasteiger partial charge in [0.05, 0.1) is 13.1 Å². The maximum Gasteiger partial charge on any atom is 0.319 e. The summed E-state index contributed by atoms with van der Waals surface area (Å²) in [6, 6.07) is 7.35. The predicted molar refractivity (Wildman–Crippen MR) is 93.4 cm³/mol. The van der Waals surface area contributed by atoms with Gasteiger partial charge in [0.25, 0.3) is 0 Å². The van der Waals surface area contributed by atoms with Crippen LogP contribution in [0.2, 0.25) is 0 Å². The van der Waals surface area contributed by atoms with E-state index in [2.05, 4.69) is 21.9 Å². The Hall–Kier alpha value is -2.13. The van der Waals surface area contributed by atoms with Gasteiger partial charge in [-0.05, 0) is 37.1 Å². The van der Waals surface area contributed by atoms with E-state index in [-0.39, 0.29) is 19.0 Å². The number of urea groups is 1. The van der Waals surface area contributed by atoms with E-state index >= 15 is 0 Å². The third-order valence-corrected chi connectivity index (χ3v) is 4.86. The van der Waals surface area contributed by atoms with Crippen LogP contribution in [0.4, 0.5) is 10.5 Å². The lowest BCUT2D eigenvalue weighted by Gasteiger charge is -2.10. The number of terminal acetylenes is 1. The largest absolute Gasteiger partial charge is 0.344 e. The van der Waals surface area contributed by atoms with Crippen molar-refractivity contribution < 1.29 is 9.59 Å². The summed E-state index contributed by atoms with van der Waals surface area (Å²) in [6.45, 7) is 0.0470. The standard InChI is InChI=1S/C17H21N3O2S/c1-2-11-18-16(21)12-19-17(22)20-13-7-9-15(10-8-13)23-14-5-3-4-6-14/h1,7-10,14H,3-6,11-12H2,(H,18,21)(H2,19,20,22).